The van der Waals surface area contributed by atoms with E-state index in [1.165, 1.54) is 0 Å². The molecule has 0 saturated carbocycles. The highest BCUT2D eigenvalue weighted by Gasteiger charge is 2.31. The lowest BCUT2D eigenvalue weighted by Gasteiger charge is -2.21. The van der Waals surface area contributed by atoms with E-state index in [4.69, 9.17) is 11.6 Å². The van der Waals surface area contributed by atoms with Crippen molar-refractivity contribution in [3.63, 3.8) is 0 Å². The lowest BCUT2D eigenvalue weighted by Crippen LogP contribution is -2.32. The molecule has 2 saturated heterocycles. The molecule has 0 aliphatic carbocycles. The average Bonchev–Trinajstić information content (AvgIpc) is 2.85. The Morgan fingerprint density at radius 2 is 1.86 bits per heavy atom. The van der Waals surface area contributed by atoms with Crippen molar-refractivity contribution in [3.8, 4) is 0 Å². The summed E-state index contributed by atoms with van der Waals surface area (Å²) >= 11 is 6.15. The minimum Gasteiger partial charge on any atom is -0.343 e. The summed E-state index contributed by atoms with van der Waals surface area (Å²) in [4.78, 5) is 14.5. The quantitative estimate of drug-likeness (QED) is 0.931. The molecular weight excluding hydrogens is 284 g/mol. The first-order valence-electron chi connectivity index (χ1n) is 7.96. The Morgan fingerprint density at radius 3 is 2.52 bits per heavy atom. The molecule has 3 rings (SSSR count). The van der Waals surface area contributed by atoms with Crippen LogP contribution in [0.5, 0.6) is 0 Å². The highest BCUT2D eigenvalue weighted by molar-refractivity contribution is 6.31. The van der Waals surface area contributed by atoms with Crippen molar-refractivity contribution in [1.29, 1.82) is 0 Å². The van der Waals surface area contributed by atoms with E-state index in [0.29, 0.717) is 6.42 Å². The van der Waals surface area contributed by atoms with E-state index in [1.54, 1.807) is 0 Å². The van der Waals surface area contributed by atoms with Crippen LogP contribution in [0.15, 0.2) is 24.3 Å². The number of nitrogens with one attached hydrogen (secondary N) is 1. The predicted octanol–water partition coefficient (Wildman–Crippen LogP) is 2.73. The van der Waals surface area contributed by atoms with E-state index in [2.05, 4.69) is 10.2 Å². The van der Waals surface area contributed by atoms with E-state index in [-0.39, 0.29) is 5.91 Å². The Hall–Kier alpha value is -1.06. The molecule has 0 aromatic heterocycles. The zero-order valence-corrected chi connectivity index (χ0v) is 13.1. The largest absolute Gasteiger partial charge is 0.343 e. The van der Waals surface area contributed by atoms with E-state index >= 15 is 0 Å². The summed E-state index contributed by atoms with van der Waals surface area (Å²) in [6.45, 7) is 4.10. The molecule has 0 radical (unpaired) electrons. The van der Waals surface area contributed by atoms with Gasteiger partial charge in [-0.3, -0.25) is 4.79 Å². The number of halogens is 1. The van der Waals surface area contributed by atoms with Crippen LogP contribution in [0, 0.1) is 11.8 Å². The van der Waals surface area contributed by atoms with Crippen LogP contribution >= 0.6 is 11.6 Å². The van der Waals surface area contributed by atoms with Gasteiger partial charge in [-0.25, -0.2) is 0 Å². The molecule has 2 atom stereocenters. The van der Waals surface area contributed by atoms with Crippen molar-refractivity contribution in [3.05, 3.63) is 34.9 Å². The van der Waals surface area contributed by atoms with Gasteiger partial charge in [0.2, 0.25) is 5.91 Å². The molecule has 2 aliphatic rings. The lowest BCUT2D eigenvalue weighted by atomic mass is 9.92. The number of nitrogens with zero attached hydrogens (tertiary/aromatic N) is 1. The van der Waals surface area contributed by atoms with Gasteiger partial charge in [-0.15, -0.1) is 0 Å². The molecule has 1 amide bonds. The topological polar surface area (TPSA) is 32.3 Å². The van der Waals surface area contributed by atoms with Gasteiger partial charge in [0.05, 0.1) is 0 Å². The smallest absolute Gasteiger partial charge is 0.222 e. The molecule has 2 fully saturated rings. The van der Waals surface area contributed by atoms with Crippen molar-refractivity contribution in [2.45, 2.75) is 25.7 Å². The number of hydrogen-bond acceptors (Lipinski definition) is 2. The molecule has 21 heavy (non-hydrogen) atoms. The van der Waals surface area contributed by atoms with Gasteiger partial charge in [0, 0.05) is 24.5 Å². The Morgan fingerprint density at radius 1 is 1.19 bits per heavy atom. The normalized spacial score (nSPS) is 25.5. The van der Waals surface area contributed by atoms with E-state index in [1.807, 2.05) is 24.3 Å². The molecule has 0 spiro atoms. The number of rotatable bonds is 3. The Bertz CT molecular complexity index is 491. The van der Waals surface area contributed by atoms with Gasteiger partial charge >= 0.3 is 0 Å². The Balaban J connectivity index is 1.52. The summed E-state index contributed by atoms with van der Waals surface area (Å²) in [7, 11) is 0. The first-order chi connectivity index (χ1) is 10.2. The highest BCUT2D eigenvalue weighted by atomic mass is 35.5. The van der Waals surface area contributed by atoms with Gasteiger partial charge in [0.1, 0.15) is 0 Å². The number of benzene rings is 1. The van der Waals surface area contributed by atoms with Crippen molar-refractivity contribution in [1.82, 2.24) is 10.2 Å². The maximum Gasteiger partial charge on any atom is 0.222 e. The van der Waals surface area contributed by atoms with Crippen LogP contribution in [0.3, 0.4) is 0 Å². The van der Waals surface area contributed by atoms with Gasteiger partial charge in [-0.1, -0.05) is 29.8 Å². The maximum absolute atomic E-state index is 12.4. The molecule has 4 heteroatoms. The summed E-state index contributed by atoms with van der Waals surface area (Å²) in [6.07, 6.45) is 3.60. The van der Waals surface area contributed by atoms with Crippen molar-refractivity contribution in [2.24, 2.45) is 11.8 Å². The third-order valence-corrected chi connectivity index (χ3v) is 5.31. The number of fused-ring (bicyclic) bond motifs is 1. The number of likely N-dealkylation sites (tertiary alicyclic amines) is 1. The average molecular weight is 307 g/mol. The second-order valence-electron chi connectivity index (χ2n) is 6.23. The SMILES string of the molecule is O=C(CCc1ccccc1Cl)N1CC[C@@H]2CNC[C@@H]2CC1. The molecule has 2 aliphatic heterocycles. The zero-order chi connectivity index (χ0) is 14.7. The number of amides is 1. The van der Waals surface area contributed by atoms with E-state index in [9.17, 15) is 4.79 Å². The molecule has 3 nitrogen and oxygen atoms in total. The summed E-state index contributed by atoms with van der Waals surface area (Å²) in [5.41, 5.74) is 1.07. The first-order valence-corrected chi connectivity index (χ1v) is 8.34. The van der Waals surface area contributed by atoms with Crippen LogP contribution in [0.1, 0.15) is 24.8 Å². The molecule has 114 valence electrons. The van der Waals surface area contributed by atoms with Crippen LogP contribution in [-0.4, -0.2) is 37.0 Å². The molecule has 1 aromatic rings. The molecule has 0 bridgehead atoms. The lowest BCUT2D eigenvalue weighted by molar-refractivity contribution is -0.131. The molecule has 0 unspecified atom stereocenters. The van der Waals surface area contributed by atoms with Gasteiger partial charge in [0.25, 0.3) is 0 Å². The summed E-state index contributed by atoms with van der Waals surface area (Å²) < 4.78 is 0. The molecule has 1 aromatic carbocycles. The third kappa shape index (κ3) is 3.58. The van der Waals surface area contributed by atoms with Crippen molar-refractivity contribution >= 4 is 17.5 Å². The number of carbonyl (C=O) groups is 1. The van der Waals surface area contributed by atoms with Crippen molar-refractivity contribution < 1.29 is 4.79 Å². The summed E-state index contributed by atoms with van der Waals surface area (Å²) in [6, 6.07) is 7.80. The minimum atomic E-state index is 0.280. The maximum atomic E-state index is 12.4. The third-order valence-electron chi connectivity index (χ3n) is 4.94. The predicted molar refractivity (Wildman–Crippen MR) is 85.4 cm³/mol. The van der Waals surface area contributed by atoms with E-state index < -0.39 is 0 Å². The molecule has 2 heterocycles. The van der Waals surface area contributed by atoms with E-state index in [0.717, 1.165) is 67.9 Å². The van der Waals surface area contributed by atoms with Crippen LogP contribution in [-0.2, 0) is 11.2 Å². The minimum absolute atomic E-state index is 0.280. The second-order valence-corrected chi connectivity index (χ2v) is 6.64. The van der Waals surface area contributed by atoms with Gasteiger partial charge in [0.15, 0.2) is 0 Å². The van der Waals surface area contributed by atoms with Crippen LogP contribution in [0.25, 0.3) is 0 Å². The fraction of sp³-hybridized carbons (Fsp3) is 0.588. The summed E-state index contributed by atoms with van der Waals surface area (Å²) in [5, 5.41) is 4.24. The fourth-order valence-electron chi connectivity index (χ4n) is 3.57. The van der Waals surface area contributed by atoms with Crippen LogP contribution in [0.4, 0.5) is 0 Å². The number of aryl methyl sites for hydroxylation is 1. The van der Waals surface area contributed by atoms with Gasteiger partial charge in [-0.05, 0) is 55.8 Å². The van der Waals surface area contributed by atoms with Gasteiger partial charge < -0.3 is 10.2 Å². The zero-order valence-electron chi connectivity index (χ0n) is 12.4. The second kappa shape index (κ2) is 6.80. The van der Waals surface area contributed by atoms with Gasteiger partial charge in [-0.2, -0.15) is 0 Å². The highest BCUT2D eigenvalue weighted by Crippen LogP contribution is 2.27. The monoisotopic (exact) mass is 306 g/mol. The van der Waals surface area contributed by atoms with Crippen LogP contribution < -0.4 is 5.32 Å². The fourth-order valence-corrected chi connectivity index (χ4v) is 3.80. The number of hydrogen-bond donors (Lipinski definition) is 1. The standard InChI is InChI=1S/C17H23ClN2O/c18-16-4-2-1-3-13(16)5-6-17(21)20-9-7-14-11-19-12-15(14)8-10-20/h1-4,14-15,19H,5-12H2/t14-,15+. The summed E-state index contributed by atoms with van der Waals surface area (Å²) in [5.74, 6) is 1.82. The molecular formula is C17H23ClN2O. The molecule has 1 N–H and O–H groups in total. The first kappa shape index (κ1) is 14.9. The Labute approximate surface area is 131 Å². The van der Waals surface area contributed by atoms with Crippen molar-refractivity contribution in [2.75, 3.05) is 26.2 Å². The van der Waals surface area contributed by atoms with Crippen LogP contribution in [0.2, 0.25) is 5.02 Å². The number of carbonyl (C=O) groups excluding carboxylic acids is 1. The Kier molecular flexibility index (Phi) is 4.81.